The maximum Gasteiger partial charge on any atom is 0.259 e. The molecule has 0 aliphatic carbocycles. The van der Waals surface area contributed by atoms with Crippen LogP contribution in [0.15, 0.2) is 53.1 Å². The van der Waals surface area contributed by atoms with Crippen molar-refractivity contribution in [2.75, 3.05) is 31.1 Å². The first-order valence-corrected chi connectivity index (χ1v) is 10.3. The summed E-state index contributed by atoms with van der Waals surface area (Å²) in [7, 11) is 0. The molecule has 31 heavy (non-hydrogen) atoms. The zero-order valence-corrected chi connectivity index (χ0v) is 17.1. The summed E-state index contributed by atoms with van der Waals surface area (Å²) in [5.74, 6) is 0.825. The minimum atomic E-state index is -0.338. The molecule has 3 heterocycles. The van der Waals surface area contributed by atoms with Gasteiger partial charge in [0.1, 0.15) is 22.8 Å². The van der Waals surface area contributed by atoms with E-state index in [-0.39, 0.29) is 11.7 Å². The van der Waals surface area contributed by atoms with Crippen molar-refractivity contribution in [3.63, 3.8) is 0 Å². The second-order valence-electron chi connectivity index (χ2n) is 7.68. The summed E-state index contributed by atoms with van der Waals surface area (Å²) in [4.78, 5) is 25.4. The predicted octanol–water partition coefficient (Wildman–Crippen LogP) is 4.02. The number of benzene rings is 2. The molecule has 8 heteroatoms. The summed E-state index contributed by atoms with van der Waals surface area (Å²) in [6.07, 6.45) is 0.818. The van der Waals surface area contributed by atoms with E-state index in [0.717, 1.165) is 29.9 Å². The van der Waals surface area contributed by atoms with Crippen LogP contribution in [-0.4, -0.2) is 52.1 Å². The fraction of sp³-hybridized carbons (Fsp3) is 0.261. The van der Waals surface area contributed by atoms with Crippen molar-refractivity contribution in [3.8, 4) is 11.3 Å². The highest BCUT2D eigenvalue weighted by molar-refractivity contribution is 6.00. The number of nitrogens with zero attached hydrogens (tertiary/aromatic N) is 4. The Hall–Kier alpha value is -3.68. The average Bonchev–Trinajstić information content (AvgIpc) is 3.29. The standard InChI is InChI=1S/C23H22FN5O2/c1-15-20(21(27-31-15)16-7-9-17(24)10-8-16)22(30)28-11-4-12-29(14-13-28)23-25-18-5-2-3-6-19(18)26-23/h2-3,5-10H,4,11-14H2,1H3,(H,25,26). The summed E-state index contributed by atoms with van der Waals surface area (Å²) in [6, 6.07) is 13.8. The molecule has 0 atom stereocenters. The van der Waals surface area contributed by atoms with Gasteiger partial charge in [-0.25, -0.2) is 9.37 Å². The normalized spacial score (nSPS) is 14.8. The van der Waals surface area contributed by atoms with Gasteiger partial charge in [-0.1, -0.05) is 17.3 Å². The summed E-state index contributed by atoms with van der Waals surface area (Å²) < 4.78 is 18.6. The van der Waals surface area contributed by atoms with Crippen molar-refractivity contribution in [2.24, 2.45) is 0 Å². The zero-order chi connectivity index (χ0) is 21.4. The van der Waals surface area contributed by atoms with Crippen molar-refractivity contribution >= 4 is 22.9 Å². The van der Waals surface area contributed by atoms with Crippen LogP contribution in [0.3, 0.4) is 0 Å². The van der Waals surface area contributed by atoms with E-state index in [1.165, 1.54) is 12.1 Å². The fourth-order valence-corrected chi connectivity index (χ4v) is 4.01. The fourth-order valence-electron chi connectivity index (χ4n) is 4.01. The number of aryl methyl sites for hydroxylation is 1. The van der Waals surface area contributed by atoms with Crippen LogP contribution < -0.4 is 4.90 Å². The number of nitrogens with one attached hydrogen (secondary N) is 1. The Labute approximate surface area is 178 Å². The molecule has 1 aliphatic rings. The Morgan fingerprint density at radius 1 is 1.06 bits per heavy atom. The topological polar surface area (TPSA) is 78.3 Å². The summed E-state index contributed by atoms with van der Waals surface area (Å²) in [5, 5.41) is 4.07. The minimum Gasteiger partial charge on any atom is -0.360 e. The molecule has 1 fully saturated rings. The summed E-state index contributed by atoms with van der Waals surface area (Å²) in [5.41, 5.74) is 3.46. The Bertz CT molecular complexity index is 1200. The molecule has 0 saturated carbocycles. The number of aromatic nitrogens is 3. The molecule has 4 aromatic rings. The Morgan fingerprint density at radius 3 is 2.68 bits per heavy atom. The highest BCUT2D eigenvalue weighted by Crippen LogP contribution is 2.27. The molecule has 158 valence electrons. The predicted molar refractivity (Wildman–Crippen MR) is 115 cm³/mol. The number of hydrogen-bond donors (Lipinski definition) is 1. The van der Waals surface area contributed by atoms with Crippen LogP contribution in [0.5, 0.6) is 0 Å². The van der Waals surface area contributed by atoms with Crippen LogP contribution in [-0.2, 0) is 0 Å². The molecule has 2 aromatic carbocycles. The largest absolute Gasteiger partial charge is 0.360 e. The first kappa shape index (κ1) is 19.3. The van der Waals surface area contributed by atoms with Crippen LogP contribution in [0.25, 0.3) is 22.3 Å². The third-order valence-corrected chi connectivity index (χ3v) is 5.65. The first-order valence-electron chi connectivity index (χ1n) is 10.3. The van der Waals surface area contributed by atoms with E-state index in [9.17, 15) is 9.18 Å². The summed E-state index contributed by atoms with van der Waals surface area (Å²) >= 11 is 0. The van der Waals surface area contributed by atoms with Gasteiger partial charge in [-0.2, -0.15) is 0 Å². The Morgan fingerprint density at radius 2 is 1.87 bits per heavy atom. The molecule has 1 N–H and O–H groups in total. The van der Waals surface area contributed by atoms with Gasteiger partial charge in [0.2, 0.25) is 5.95 Å². The Kier molecular flexibility index (Phi) is 4.89. The van der Waals surface area contributed by atoms with Gasteiger partial charge in [0.25, 0.3) is 5.91 Å². The van der Waals surface area contributed by atoms with E-state index < -0.39 is 0 Å². The molecule has 1 aliphatic heterocycles. The highest BCUT2D eigenvalue weighted by Gasteiger charge is 2.28. The second kappa shape index (κ2) is 7.86. The van der Waals surface area contributed by atoms with Crippen LogP contribution >= 0.6 is 0 Å². The summed E-state index contributed by atoms with van der Waals surface area (Å²) in [6.45, 7) is 4.39. The lowest BCUT2D eigenvalue weighted by molar-refractivity contribution is 0.0766. The van der Waals surface area contributed by atoms with Gasteiger partial charge in [0, 0.05) is 31.7 Å². The van der Waals surface area contributed by atoms with Crippen molar-refractivity contribution < 1.29 is 13.7 Å². The third kappa shape index (κ3) is 3.65. The van der Waals surface area contributed by atoms with Crippen molar-refractivity contribution in [1.29, 1.82) is 0 Å². The average molecular weight is 419 g/mol. The lowest BCUT2D eigenvalue weighted by atomic mass is 10.0. The van der Waals surface area contributed by atoms with Crippen molar-refractivity contribution in [1.82, 2.24) is 20.0 Å². The quantitative estimate of drug-likeness (QED) is 0.543. The maximum absolute atomic E-state index is 13.4. The number of aromatic amines is 1. The van der Waals surface area contributed by atoms with Crippen molar-refractivity contribution in [2.45, 2.75) is 13.3 Å². The van der Waals surface area contributed by atoms with E-state index in [4.69, 9.17) is 4.52 Å². The van der Waals surface area contributed by atoms with Gasteiger partial charge in [0.05, 0.1) is 11.0 Å². The molecule has 7 nitrogen and oxygen atoms in total. The molecule has 1 amide bonds. The lowest BCUT2D eigenvalue weighted by Crippen LogP contribution is -2.35. The van der Waals surface area contributed by atoms with E-state index in [0.29, 0.717) is 42.2 Å². The van der Waals surface area contributed by atoms with Gasteiger partial charge in [-0.15, -0.1) is 0 Å². The molecule has 0 bridgehead atoms. The van der Waals surface area contributed by atoms with E-state index in [2.05, 4.69) is 20.0 Å². The molecular weight excluding hydrogens is 397 g/mol. The van der Waals surface area contributed by atoms with Gasteiger partial charge in [-0.05, 0) is 49.7 Å². The number of hydrogen-bond acceptors (Lipinski definition) is 5. The molecule has 1 saturated heterocycles. The molecule has 0 unspecified atom stereocenters. The highest BCUT2D eigenvalue weighted by atomic mass is 19.1. The SMILES string of the molecule is Cc1onc(-c2ccc(F)cc2)c1C(=O)N1CCCN(c2nc3ccccc3[nH]2)CC1. The zero-order valence-electron chi connectivity index (χ0n) is 17.1. The van der Waals surface area contributed by atoms with Gasteiger partial charge in [-0.3, -0.25) is 4.79 Å². The number of amides is 1. The van der Waals surface area contributed by atoms with E-state index in [1.807, 2.05) is 29.2 Å². The number of imidazole rings is 1. The number of fused-ring (bicyclic) bond motifs is 1. The van der Waals surface area contributed by atoms with Crippen LogP contribution in [0.2, 0.25) is 0 Å². The Balaban J connectivity index is 1.36. The molecular formula is C23H22FN5O2. The molecule has 0 radical (unpaired) electrons. The number of rotatable bonds is 3. The van der Waals surface area contributed by atoms with E-state index >= 15 is 0 Å². The minimum absolute atomic E-state index is 0.121. The van der Waals surface area contributed by atoms with E-state index in [1.54, 1.807) is 19.1 Å². The smallest absolute Gasteiger partial charge is 0.259 e. The number of anilines is 1. The monoisotopic (exact) mass is 419 g/mol. The second-order valence-corrected chi connectivity index (χ2v) is 7.68. The number of H-pyrrole nitrogens is 1. The number of halogens is 1. The van der Waals surface area contributed by atoms with Crippen LogP contribution in [0.1, 0.15) is 22.5 Å². The maximum atomic E-state index is 13.4. The number of carbonyl (C=O) groups is 1. The van der Waals surface area contributed by atoms with Gasteiger partial charge >= 0.3 is 0 Å². The van der Waals surface area contributed by atoms with Gasteiger partial charge < -0.3 is 19.3 Å². The van der Waals surface area contributed by atoms with Crippen LogP contribution in [0.4, 0.5) is 10.3 Å². The van der Waals surface area contributed by atoms with Crippen LogP contribution in [0, 0.1) is 12.7 Å². The number of para-hydroxylation sites is 2. The van der Waals surface area contributed by atoms with Gasteiger partial charge in [0.15, 0.2) is 0 Å². The third-order valence-electron chi connectivity index (χ3n) is 5.65. The lowest BCUT2D eigenvalue weighted by Gasteiger charge is -2.21. The molecule has 5 rings (SSSR count). The number of carbonyl (C=O) groups excluding carboxylic acids is 1. The van der Waals surface area contributed by atoms with Crippen molar-refractivity contribution in [3.05, 3.63) is 65.7 Å². The molecule has 0 spiro atoms. The first-order chi connectivity index (χ1) is 15.1. The molecule has 2 aromatic heterocycles.